The summed E-state index contributed by atoms with van der Waals surface area (Å²) in [6.07, 6.45) is 44.8. The molecule has 0 radical (unpaired) electrons. The molecule has 0 bridgehead atoms. The van der Waals surface area contributed by atoms with Crippen LogP contribution in [0.1, 0.15) is 162 Å². The fourth-order valence-corrected chi connectivity index (χ4v) is 7.23. The van der Waals surface area contributed by atoms with Gasteiger partial charge in [-0.1, -0.05) is 176 Å². The van der Waals surface area contributed by atoms with Crippen LogP contribution in [0.4, 0.5) is 0 Å². The molecule has 0 amide bonds. The van der Waals surface area contributed by atoms with E-state index in [1.807, 2.05) is 6.08 Å². The van der Waals surface area contributed by atoms with Crippen molar-refractivity contribution in [1.29, 1.82) is 0 Å². The number of esters is 1. The molecule has 13 heteroatoms. The van der Waals surface area contributed by atoms with E-state index in [9.17, 15) is 28.5 Å². The molecule has 63 heavy (non-hydrogen) atoms. The Hall–Kier alpha value is -2.72. The highest BCUT2D eigenvalue weighted by Gasteiger charge is 2.48. The summed E-state index contributed by atoms with van der Waals surface area (Å²) in [5.41, 5.74) is 0. The van der Waals surface area contributed by atoms with Crippen molar-refractivity contribution >= 4 is 16.4 Å². The Morgan fingerprint density at radius 3 is 1.54 bits per heavy atom. The highest BCUT2D eigenvalue weighted by Crippen LogP contribution is 2.26. The van der Waals surface area contributed by atoms with Gasteiger partial charge in [0.05, 0.1) is 19.8 Å². The van der Waals surface area contributed by atoms with Crippen LogP contribution in [-0.2, 0) is 38.3 Å². The van der Waals surface area contributed by atoms with Gasteiger partial charge in [0.1, 0.15) is 30.5 Å². The second-order valence-electron chi connectivity index (χ2n) is 16.0. The summed E-state index contributed by atoms with van der Waals surface area (Å²) in [4.78, 5) is 12.8. The zero-order valence-corrected chi connectivity index (χ0v) is 39.4. The number of hydrogen-bond acceptors (Lipinski definition) is 11. The predicted molar refractivity (Wildman–Crippen MR) is 252 cm³/mol. The quantitative estimate of drug-likeness (QED) is 0.0198. The molecule has 362 valence electrons. The van der Waals surface area contributed by atoms with Crippen LogP contribution in [0.3, 0.4) is 0 Å². The monoisotopic (exact) mass is 909 g/mol. The lowest BCUT2D eigenvalue weighted by Gasteiger charge is -2.41. The molecule has 12 nitrogen and oxygen atoms in total. The van der Waals surface area contributed by atoms with Gasteiger partial charge in [-0.15, -0.1) is 0 Å². The van der Waals surface area contributed by atoms with Crippen molar-refractivity contribution in [3.63, 3.8) is 0 Å². The highest BCUT2D eigenvalue weighted by atomic mass is 32.3. The first-order valence-corrected chi connectivity index (χ1v) is 25.2. The minimum Gasteiger partial charge on any atom is -0.457 e. The minimum atomic E-state index is -5.07. The third-order valence-electron chi connectivity index (χ3n) is 10.3. The van der Waals surface area contributed by atoms with Crippen LogP contribution in [-0.4, -0.2) is 97.5 Å². The molecule has 6 atom stereocenters. The van der Waals surface area contributed by atoms with Crippen LogP contribution in [0.2, 0.25) is 0 Å². The molecule has 0 aromatic carbocycles. The average molecular weight is 909 g/mol. The SMILES string of the molecule is CC/C=C\C/C=C\C/C=C\C/C=C\C/C=C\C/C=C\C/C=C\CCCC(=O)OC(COCCCCCCCCCCCCCCC)COC1OC(CO)C(O)C(OS(=O)(=O)O)C1O. The number of aliphatic hydroxyl groups is 3. The van der Waals surface area contributed by atoms with E-state index in [0.29, 0.717) is 19.4 Å². The van der Waals surface area contributed by atoms with Crippen molar-refractivity contribution in [1.82, 2.24) is 0 Å². The van der Waals surface area contributed by atoms with E-state index in [1.165, 1.54) is 64.2 Å². The van der Waals surface area contributed by atoms with Gasteiger partial charge in [0.2, 0.25) is 0 Å². The Kier molecular flexibility index (Phi) is 37.7. The van der Waals surface area contributed by atoms with Gasteiger partial charge in [-0.05, 0) is 64.2 Å². The molecule has 0 aromatic heterocycles. The first kappa shape index (κ1) is 58.3. The molecule has 1 saturated heterocycles. The zero-order chi connectivity index (χ0) is 46.1. The van der Waals surface area contributed by atoms with Crippen molar-refractivity contribution in [2.75, 3.05) is 26.4 Å². The van der Waals surface area contributed by atoms with Crippen molar-refractivity contribution in [3.05, 3.63) is 85.1 Å². The second kappa shape index (κ2) is 40.8. The van der Waals surface area contributed by atoms with E-state index < -0.39 is 59.8 Å². The van der Waals surface area contributed by atoms with Gasteiger partial charge in [0.15, 0.2) is 6.29 Å². The maximum absolute atomic E-state index is 12.8. The third kappa shape index (κ3) is 34.3. The lowest BCUT2D eigenvalue weighted by molar-refractivity contribution is -0.301. The first-order chi connectivity index (χ1) is 30.6. The number of carbonyl (C=O) groups is 1. The summed E-state index contributed by atoms with van der Waals surface area (Å²) in [6.45, 7) is 3.79. The van der Waals surface area contributed by atoms with Crippen LogP contribution in [0, 0.1) is 0 Å². The number of ether oxygens (including phenoxy) is 4. The highest BCUT2D eigenvalue weighted by molar-refractivity contribution is 7.80. The number of allylic oxidation sites excluding steroid dienone is 14. The molecule has 1 rings (SSSR count). The van der Waals surface area contributed by atoms with Crippen LogP contribution in [0.25, 0.3) is 0 Å². The zero-order valence-electron chi connectivity index (χ0n) is 38.6. The Bertz CT molecular complexity index is 1420. The van der Waals surface area contributed by atoms with E-state index in [2.05, 4.69) is 97.0 Å². The van der Waals surface area contributed by atoms with E-state index in [0.717, 1.165) is 64.2 Å². The number of aliphatic hydroxyl groups excluding tert-OH is 3. The van der Waals surface area contributed by atoms with Crippen LogP contribution >= 0.6 is 0 Å². The molecule has 4 N–H and O–H groups in total. The van der Waals surface area contributed by atoms with Crippen LogP contribution in [0.15, 0.2) is 85.1 Å². The van der Waals surface area contributed by atoms with Gasteiger partial charge in [-0.3, -0.25) is 9.35 Å². The van der Waals surface area contributed by atoms with Crippen molar-refractivity contribution in [2.45, 2.75) is 198 Å². The molecule has 1 fully saturated rings. The Morgan fingerprint density at radius 2 is 1.08 bits per heavy atom. The van der Waals surface area contributed by atoms with Gasteiger partial charge in [-0.25, -0.2) is 4.18 Å². The predicted octanol–water partition coefficient (Wildman–Crippen LogP) is 10.5. The summed E-state index contributed by atoms with van der Waals surface area (Å²) in [7, 11) is -5.07. The van der Waals surface area contributed by atoms with Crippen molar-refractivity contribution < 1.29 is 56.2 Å². The molecule has 0 aliphatic carbocycles. The summed E-state index contributed by atoms with van der Waals surface area (Å²) in [5.74, 6) is -0.458. The van der Waals surface area contributed by atoms with Gasteiger partial charge in [-0.2, -0.15) is 8.42 Å². The Balaban J connectivity index is 2.45. The van der Waals surface area contributed by atoms with Gasteiger partial charge >= 0.3 is 16.4 Å². The molecule has 0 spiro atoms. The summed E-state index contributed by atoms with van der Waals surface area (Å²) in [5, 5.41) is 30.7. The Morgan fingerprint density at radius 1 is 0.619 bits per heavy atom. The smallest absolute Gasteiger partial charge is 0.397 e. The average Bonchev–Trinajstić information content (AvgIpc) is 3.26. The maximum Gasteiger partial charge on any atom is 0.397 e. The number of rotatable bonds is 40. The Labute approximate surface area is 381 Å². The van der Waals surface area contributed by atoms with Gasteiger partial charge in [0, 0.05) is 13.0 Å². The maximum atomic E-state index is 12.8. The van der Waals surface area contributed by atoms with Crippen LogP contribution < -0.4 is 0 Å². The molecule has 0 saturated carbocycles. The lowest BCUT2D eigenvalue weighted by Crippen LogP contribution is -2.60. The van der Waals surface area contributed by atoms with E-state index in [1.54, 1.807) is 0 Å². The summed E-state index contributed by atoms with van der Waals surface area (Å²) < 4.78 is 59.0. The fraction of sp³-hybridized carbons (Fsp3) is 0.700. The second-order valence-corrected chi connectivity index (χ2v) is 17.0. The van der Waals surface area contributed by atoms with E-state index in [4.69, 9.17) is 23.5 Å². The molecule has 6 unspecified atom stereocenters. The van der Waals surface area contributed by atoms with Gasteiger partial charge in [0.25, 0.3) is 0 Å². The lowest BCUT2D eigenvalue weighted by atomic mass is 9.99. The first-order valence-electron chi connectivity index (χ1n) is 23.8. The van der Waals surface area contributed by atoms with E-state index >= 15 is 0 Å². The molecule has 1 aliphatic rings. The number of carbonyl (C=O) groups excluding carboxylic acids is 1. The van der Waals surface area contributed by atoms with Crippen molar-refractivity contribution in [3.8, 4) is 0 Å². The van der Waals surface area contributed by atoms with Crippen molar-refractivity contribution in [2.24, 2.45) is 0 Å². The molecule has 1 heterocycles. The third-order valence-corrected chi connectivity index (χ3v) is 10.7. The molecular formula is C50H84O12S. The molecule has 0 aromatic rings. The minimum absolute atomic E-state index is 0.00960. The standard InChI is InChI=1S/C50H84O12S/c1-3-5-7-9-11-13-15-17-18-19-20-21-22-23-24-25-26-27-29-31-33-35-37-39-46(52)60-44(42-58-40-38-36-34-32-30-28-16-14-12-10-8-6-4-2)43-59-50-48(54)49(62-63(55,56)57)47(53)45(41-51)61-50/h5,7,11,13,17-18,20-21,23-24,26-27,31,33,44-45,47-51,53-54H,3-4,6,8-10,12,14-16,19,22,25,28-30,32,34-43H2,1-2H3,(H,55,56,57)/b7-5-,13-11-,18-17-,21-20-,24-23-,27-26-,33-31-. The topological polar surface area (TPSA) is 178 Å². The largest absolute Gasteiger partial charge is 0.457 e. The molecular weight excluding hydrogens is 825 g/mol. The van der Waals surface area contributed by atoms with Gasteiger partial charge < -0.3 is 34.3 Å². The van der Waals surface area contributed by atoms with Crippen LogP contribution in [0.5, 0.6) is 0 Å². The molecule has 1 aliphatic heterocycles. The summed E-state index contributed by atoms with van der Waals surface area (Å²) >= 11 is 0. The summed E-state index contributed by atoms with van der Waals surface area (Å²) in [6, 6.07) is 0. The normalized spacial score (nSPS) is 20.6. The number of unbranched alkanes of at least 4 members (excludes halogenated alkanes) is 13. The van der Waals surface area contributed by atoms with E-state index in [-0.39, 0.29) is 19.6 Å². The fourth-order valence-electron chi connectivity index (χ4n) is 6.72. The number of hydrogen-bond donors (Lipinski definition) is 4.